The van der Waals surface area contributed by atoms with Gasteiger partial charge in [0.15, 0.2) is 5.96 Å². The molecular formula is C11H14Cl2N4O2. The van der Waals surface area contributed by atoms with Crippen molar-refractivity contribution in [3.8, 4) is 5.75 Å². The molecule has 0 aromatic heterocycles. The molecule has 0 atom stereocenters. The molecule has 0 unspecified atom stereocenters. The molecule has 0 fully saturated rings. The van der Waals surface area contributed by atoms with Crippen LogP contribution in [0.1, 0.15) is 0 Å². The van der Waals surface area contributed by atoms with Gasteiger partial charge in [0, 0.05) is 0 Å². The van der Waals surface area contributed by atoms with E-state index in [1.54, 1.807) is 18.2 Å². The number of hydrogen-bond acceptors (Lipinski definition) is 4. The van der Waals surface area contributed by atoms with E-state index in [2.05, 4.69) is 10.3 Å². The van der Waals surface area contributed by atoms with Gasteiger partial charge in [-0.15, -0.1) is 12.4 Å². The molecule has 1 heterocycles. The fourth-order valence-corrected chi connectivity index (χ4v) is 1.85. The van der Waals surface area contributed by atoms with E-state index < -0.39 is 0 Å². The summed E-state index contributed by atoms with van der Waals surface area (Å²) in [5.74, 6) is 0.698. The smallest absolute Gasteiger partial charge is 0.328 e. The number of hydrogen-bond donors (Lipinski definition) is 2. The molecule has 2 rings (SSSR count). The van der Waals surface area contributed by atoms with Crippen molar-refractivity contribution in [2.45, 2.75) is 0 Å². The van der Waals surface area contributed by atoms with Gasteiger partial charge >= 0.3 is 6.03 Å². The summed E-state index contributed by atoms with van der Waals surface area (Å²) in [4.78, 5) is 17.3. The van der Waals surface area contributed by atoms with Crippen molar-refractivity contribution in [2.24, 2.45) is 10.7 Å². The lowest BCUT2D eigenvalue weighted by molar-refractivity contribution is 0.236. The number of para-hydroxylation sites is 1. The zero-order valence-corrected chi connectivity index (χ0v) is 11.8. The third-order valence-electron chi connectivity index (χ3n) is 2.55. The van der Waals surface area contributed by atoms with E-state index in [1.807, 2.05) is 0 Å². The first kappa shape index (κ1) is 15.4. The molecule has 1 aromatic carbocycles. The summed E-state index contributed by atoms with van der Waals surface area (Å²) < 4.78 is 5.14. The highest BCUT2D eigenvalue weighted by atomic mass is 35.5. The Bertz CT molecular complexity index is 507. The minimum absolute atomic E-state index is 0. The number of ether oxygens (including phenoxy) is 1. The number of urea groups is 1. The van der Waals surface area contributed by atoms with Gasteiger partial charge in [0.1, 0.15) is 11.4 Å². The number of nitrogens with zero attached hydrogens (tertiary/aromatic N) is 2. The summed E-state index contributed by atoms with van der Waals surface area (Å²) in [5, 5.41) is 3.07. The highest BCUT2D eigenvalue weighted by Gasteiger charge is 2.22. The topological polar surface area (TPSA) is 80.0 Å². The Labute approximate surface area is 122 Å². The number of nitrogens with one attached hydrogen (secondary N) is 1. The summed E-state index contributed by atoms with van der Waals surface area (Å²) in [6, 6.07) is 4.74. The average molecular weight is 305 g/mol. The summed E-state index contributed by atoms with van der Waals surface area (Å²) in [6.07, 6.45) is 0. The molecular weight excluding hydrogens is 291 g/mol. The molecule has 19 heavy (non-hydrogen) atoms. The van der Waals surface area contributed by atoms with Crippen molar-refractivity contribution in [1.82, 2.24) is 4.90 Å². The zero-order valence-electron chi connectivity index (χ0n) is 10.2. The van der Waals surface area contributed by atoms with Crippen LogP contribution in [0.15, 0.2) is 23.2 Å². The number of nitrogens with two attached hydrogens (primary N) is 1. The normalized spacial score (nSPS) is 13.6. The maximum atomic E-state index is 12.0. The van der Waals surface area contributed by atoms with Crippen LogP contribution in [-0.2, 0) is 0 Å². The van der Waals surface area contributed by atoms with E-state index in [0.717, 1.165) is 0 Å². The molecule has 8 heteroatoms. The number of methoxy groups -OCH3 is 1. The summed E-state index contributed by atoms with van der Waals surface area (Å²) >= 11 is 6.02. The lowest BCUT2D eigenvalue weighted by Gasteiger charge is -2.18. The van der Waals surface area contributed by atoms with Crippen molar-refractivity contribution in [3.63, 3.8) is 0 Å². The van der Waals surface area contributed by atoms with E-state index in [4.69, 9.17) is 22.1 Å². The van der Waals surface area contributed by atoms with Gasteiger partial charge in [-0.3, -0.25) is 9.89 Å². The fraction of sp³-hybridized carbons (Fsp3) is 0.273. The molecule has 1 aliphatic heterocycles. The van der Waals surface area contributed by atoms with Crippen molar-refractivity contribution in [3.05, 3.63) is 23.2 Å². The van der Waals surface area contributed by atoms with Crippen molar-refractivity contribution >= 4 is 41.7 Å². The fourth-order valence-electron chi connectivity index (χ4n) is 1.64. The zero-order chi connectivity index (χ0) is 13.1. The van der Waals surface area contributed by atoms with Gasteiger partial charge in [0.05, 0.1) is 25.2 Å². The first-order valence-corrected chi connectivity index (χ1v) is 5.72. The number of aliphatic imine (C=N–C) groups is 1. The standard InChI is InChI=1S/C11H13ClN4O2.ClH/c1-18-8-4-2-3-7(12)9(8)15-11(17)16-6-5-14-10(16)13;/h2-4H,5-6H2,1H3,(H2,13,14)(H,15,17);1H. The maximum Gasteiger partial charge on any atom is 0.328 e. The Morgan fingerprint density at radius 1 is 1.58 bits per heavy atom. The average Bonchev–Trinajstić information content (AvgIpc) is 2.78. The summed E-state index contributed by atoms with van der Waals surface area (Å²) in [5.41, 5.74) is 6.02. The lowest BCUT2D eigenvalue weighted by Crippen LogP contribution is -2.41. The second-order valence-corrected chi connectivity index (χ2v) is 4.05. The van der Waals surface area contributed by atoms with Gasteiger partial charge in [0.25, 0.3) is 0 Å². The monoisotopic (exact) mass is 304 g/mol. The van der Waals surface area contributed by atoms with Crippen molar-refractivity contribution < 1.29 is 9.53 Å². The Morgan fingerprint density at radius 3 is 2.89 bits per heavy atom. The highest BCUT2D eigenvalue weighted by molar-refractivity contribution is 6.34. The first-order chi connectivity index (χ1) is 8.63. The van der Waals surface area contributed by atoms with Crippen LogP contribution in [0.5, 0.6) is 5.75 Å². The Hall–Kier alpha value is -1.66. The minimum atomic E-state index is -0.375. The van der Waals surface area contributed by atoms with Crippen LogP contribution in [0, 0.1) is 0 Å². The van der Waals surface area contributed by atoms with Gasteiger partial charge in [-0.2, -0.15) is 0 Å². The molecule has 1 aromatic rings. The maximum absolute atomic E-state index is 12.0. The van der Waals surface area contributed by atoms with Crippen LogP contribution in [-0.4, -0.2) is 37.1 Å². The van der Waals surface area contributed by atoms with E-state index in [1.165, 1.54) is 12.0 Å². The van der Waals surface area contributed by atoms with Gasteiger partial charge in [-0.05, 0) is 12.1 Å². The lowest BCUT2D eigenvalue weighted by atomic mass is 10.3. The number of carbonyl (C=O) groups excluding carboxylic acids is 1. The quantitative estimate of drug-likeness (QED) is 0.876. The molecule has 0 aliphatic carbocycles. The minimum Gasteiger partial charge on any atom is -0.495 e. The third kappa shape index (κ3) is 3.21. The number of rotatable bonds is 2. The summed E-state index contributed by atoms with van der Waals surface area (Å²) in [6.45, 7) is 0.976. The molecule has 1 aliphatic rings. The SMILES string of the molecule is COc1cccc(Cl)c1NC(=O)N1CCN=C1N.Cl. The largest absolute Gasteiger partial charge is 0.495 e. The van der Waals surface area contributed by atoms with Gasteiger partial charge in [0.2, 0.25) is 0 Å². The molecule has 0 saturated heterocycles. The van der Waals surface area contributed by atoms with Crippen LogP contribution in [0.25, 0.3) is 0 Å². The van der Waals surface area contributed by atoms with Crippen LogP contribution < -0.4 is 15.8 Å². The van der Waals surface area contributed by atoms with Gasteiger partial charge in [-0.25, -0.2) is 4.79 Å². The molecule has 2 amide bonds. The van der Waals surface area contributed by atoms with Gasteiger partial charge < -0.3 is 15.8 Å². The third-order valence-corrected chi connectivity index (χ3v) is 2.86. The molecule has 0 bridgehead atoms. The van der Waals surface area contributed by atoms with E-state index in [9.17, 15) is 4.79 Å². The molecule has 3 N–H and O–H groups in total. The Balaban J connectivity index is 0.00000180. The van der Waals surface area contributed by atoms with Crippen LogP contribution in [0.3, 0.4) is 0 Å². The summed E-state index contributed by atoms with van der Waals surface area (Å²) in [7, 11) is 1.51. The number of guanidine groups is 1. The second kappa shape index (κ2) is 6.49. The van der Waals surface area contributed by atoms with Crippen molar-refractivity contribution in [2.75, 3.05) is 25.5 Å². The predicted octanol–water partition coefficient (Wildman–Crippen LogP) is 1.93. The molecule has 0 saturated carbocycles. The van der Waals surface area contributed by atoms with E-state index in [-0.39, 0.29) is 24.4 Å². The number of amides is 2. The second-order valence-electron chi connectivity index (χ2n) is 3.64. The number of carbonyl (C=O) groups is 1. The number of anilines is 1. The molecule has 0 spiro atoms. The van der Waals surface area contributed by atoms with Gasteiger partial charge in [-0.1, -0.05) is 17.7 Å². The first-order valence-electron chi connectivity index (χ1n) is 5.34. The van der Waals surface area contributed by atoms with E-state index >= 15 is 0 Å². The number of halogens is 2. The Morgan fingerprint density at radius 2 is 2.32 bits per heavy atom. The molecule has 104 valence electrons. The molecule has 6 nitrogen and oxygen atoms in total. The van der Waals surface area contributed by atoms with Crippen LogP contribution in [0.4, 0.5) is 10.5 Å². The van der Waals surface area contributed by atoms with E-state index in [0.29, 0.717) is 29.5 Å². The predicted molar refractivity (Wildman–Crippen MR) is 77.5 cm³/mol. The van der Waals surface area contributed by atoms with Crippen LogP contribution >= 0.6 is 24.0 Å². The number of benzene rings is 1. The Kier molecular flexibility index (Phi) is 5.26. The van der Waals surface area contributed by atoms with Crippen molar-refractivity contribution in [1.29, 1.82) is 0 Å². The van der Waals surface area contributed by atoms with Crippen LogP contribution in [0.2, 0.25) is 5.02 Å². The highest BCUT2D eigenvalue weighted by Crippen LogP contribution is 2.32. The molecule has 0 radical (unpaired) electrons.